The average Bonchev–Trinajstić information content (AvgIpc) is 3.47. The lowest BCUT2D eigenvalue weighted by Gasteiger charge is -2.45. The van der Waals surface area contributed by atoms with Crippen LogP contribution < -0.4 is 4.74 Å². The molecule has 1 aromatic heterocycles. The summed E-state index contributed by atoms with van der Waals surface area (Å²) in [6.45, 7) is 6.98. The molecule has 3 heterocycles. The van der Waals surface area contributed by atoms with E-state index < -0.39 is 23.3 Å². The summed E-state index contributed by atoms with van der Waals surface area (Å²) in [6.07, 6.45) is 4.37. The summed E-state index contributed by atoms with van der Waals surface area (Å²) in [6, 6.07) is 3.10. The Balaban J connectivity index is 1.53. The van der Waals surface area contributed by atoms with Gasteiger partial charge in [-0.3, -0.25) is 14.4 Å². The van der Waals surface area contributed by atoms with E-state index in [4.69, 9.17) is 20.9 Å². The monoisotopic (exact) mass is 557 g/mol. The maximum atomic E-state index is 14.2. The van der Waals surface area contributed by atoms with Gasteiger partial charge < -0.3 is 24.2 Å². The van der Waals surface area contributed by atoms with Gasteiger partial charge >= 0.3 is 5.97 Å². The lowest BCUT2D eigenvalue weighted by molar-refractivity contribution is -0.162. The van der Waals surface area contributed by atoms with Gasteiger partial charge in [-0.05, 0) is 64.2 Å². The predicted octanol–water partition coefficient (Wildman–Crippen LogP) is 4.85. The molecule has 1 saturated carbocycles. The number of halogens is 1. The second-order valence-electron chi connectivity index (χ2n) is 11.3. The molecule has 3 aliphatic rings. The van der Waals surface area contributed by atoms with Crippen LogP contribution in [-0.2, 0) is 27.4 Å². The molecule has 2 aliphatic heterocycles. The fourth-order valence-corrected chi connectivity index (χ4v) is 6.65. The standard InChI is InChI=1S/C29H36ClN3O6/c1-17-18(2)39-31-22(17)16-38-24-10-9-21(30)19-11-14-33(23(26(19)24)15-32-13-6-8-25(32)34)27(35)20-7-4-5-12-29(20,3)28(36)37/h9-10,20,23H,4-8,11-16H2,1-3H3,(H,36,37)/t20?,23-,29-/m1/s1. The molecule has 1 aromatic carbocycles. The zero-order valence-corrected chi connectivity index (χ0v) is 23.6. The van der Waals surface area contributed by atoms with Crippen LogP contribution in [0.3, 0.4) is 0 Å². The number of likely N-dealkylation sites (tertiary alicyclic amines) is 1. The third-order valence-corrected chi connectivity index (χ3v) is 9.39. The van der Waals surface area contributed by atoms with Crippen LogP contribution in [0.2, 0.25) is 5.02 Å². The van der Waals surface area contributed by atoms with Crippen LogP contribution in [0.4, 0.5) is 0 Å². The number of fused-ring (bicyclic) bond motifs is 1. The number of aromatic nitrogens is 1. The van der Waals surface area contributed by atoms with Crippen molar-refractivity contribution in [1.29, 1.82) is 0 Å². The first kappa shape index (κ1) is 27.5. The van der Waals surface area contributed by atoms with Gasteiger partial charge in [-0.15, -0.1) is 0 Å². The Hall–Kier alpha value is -3.07. The zero-order chi connectivity index (χ0) is 27.9. The van der Waals surface area contributed by atoms with Gasteiger partial charge in [0, 0.05) is 42.2 Å². The third kappa shape index (κ3) is 5.01. The summed E-state index contributed by atoms with van der Waals surface area (Å²) < 4.78 is 11.6. The quantitative estimate of drug-likeness (QED) is 0.517. The number of aryl methyl sites for hydroxylation is 1. The highest BCUT2D eigenvalue weighted by Crippen LogP contribution is 2.46. The van der Waals surface area contributed by atoms with Gasteiger partial charge in [0.25, 0.3) is 0 Å². The van der Waals surface area contributed by atoms with E-state index in [9.17, 15) is 19.5 Å². The highest BCUT2D eigenvalue weighted by atomic mass is 35.5. The topological polar surface area (TPSA) is 113 Å². The predicted molar refractivity (Wildman–Crippen MR) is 143 cm³/mol. The molecule has 39 heavy (non-hydrogen) atoms. The Kier molecular flexibility index (Phi) is 7.64. The lowest BCUT2D eigenvalue weighted by atomic mass is 9.66. The molecule has 1 unspecified atom stereocenters. The van der Waals surface area contributed by atoms with Crippen molar-refractivity contribution in [3.63, 3.8) is 0 Å². The van der Waals surface area contributed by atoms with E-state index in [1.54, 1.807) is 28.9 Å². The second kappa shape index (κ2) is 10.8. The number of benzene rings is 1. The molecule has 2 amide bonds. The molecule has 10 heteroatoms. The number of ether oxygens (including phenoxy) is 1. The van der Waals surface area contributed by atoms with Gasteiger partial charge in [0.1, 0.15) is 23.8 Å². The van der Waals surface area contributed by atoms with Gasteiger partial charge in [0.15, 0.2) is 0 Å². The molecule has 1 aliphatic carbocycles. The minimum atomic E-state index is -1.13. The SMILES string of the molecule is Cc1onc(COc2ccc(Cl)c3c2[C@@H](CN2CCCC2=O)N(C(=O)C2CCCC[C@@]2(C)C(=O)O)CC3)c1C. The molecule has 5 rings (SSSR count). The highest BCUT2D eigenvalue weighted by Gasteiger charge is 2.50. The maximum Gasteiger partial charge on any atom is 0.310 e. The number of carboxylic acids is 1. The Labute approximate surface area is 233 Å². The minimum Gasteiger partial charge on any atom is -0.487 e. The fraction of sp³-hybridized carbons (Fsp3) is 0.586. The van der Waals surface area contributed by atoms with Gasteiger partial charge in [-0.1, -0.05) is 29.6 Å². The van der Waals surface area contributed by atoms with Crippen LogP contribution in [0.15, 0.2) is 16.7 Å². The summed E-state index contributed by atoms with van der Waals surface area (Å²) >= 11 is 6.69. The lowest BCUT2D eigenvalue weighted by Crippen LogP contribution is -2.52. The number of amides is 2. The Bertz CT molecular complexity index is 1290. The van der Waals surface area contributed by atoms with E-state index in [-0.39, 0.29) is 18.4 Å². The first-order valence-electron chi connectivity index (χ1n) is 13.8. The van der Waals surface area contributed by atoms with E-state index in [1.165, 1.54) is 0 Å². The molecule has 210 valence electrons. The molecule has 2 fully saturated rings. The minimum absolute atomic E-state index is 0.0563. The summed E-state index contributed by atoms with van der Waals surface area (Å²) in [5, 5.41) is 14.8. The number of carbonyl (C=O) groups excluding carboxylic acids is 2. The first-order chi connectivity index (χ1) is 18.6. The number of aliphatic carboxylic acids is 1. The van der Waals surface area contributed by atoms with Gasteiger partial charge in [0.05, 0.1) is 17.4 Å². The molecular weight excluding hydrogens is 522 g/mol. The number of rotatable bonds is 7. The van der Waals surface area contributed by atoms with Crippen LogP contribution in [0, 0.1) is 25.2 Å². The van der Waals surface area contributed by atoms with E-state index in [0.29, 0.717) is 61.8 Å². The average molecular weight is 558 g/mol. The van der Waals surface area contributed by atoms with Crippen LogP contribution in [-0.4, -0.2) is 57.5 Å². The van der Waals surface area contributed by atoms with Gasteiger partial charge in [0.2, 0.25) is 11.8 Å². The molecule has 0 radical (unpaired) electrons. The van der Waals surface area contributed by atoms with Crippen molar-refractivity contribution in [2.24, 2.45) is 11.3 Å². The van der Waals surface area contributed by atoms with Gasteiger partial charge in [-0.2, -0.15) is 0 Å². The van der Waals surface area contributed by atoms with E-state index in [2.05, 4.69) is 5.16 Å². The van der Waals surface area contributed by atoms with Gasteiger partial charge in [-0.25, -0.2) is 0 Å². The molecule has 3 atom stereocenters. The van der Waals surface area contributed by atoms with Crippen molar-refractivity contribution in [2.45, 2.75) is 78.4 Å². The zero-order valence-electron chi connectivity index (χ0n) is 22.8. The van der Waals surface area contributed by atoms with E-state index >= 15 is 0 Å². The summed E-state index contributed by atoms with van der Waals surface area (Å²) in [4.78, 5) is 42.9. The summed E-state index contributed by atoms with van der Waals surface area (Å²) in [5.41, 5.74) is 2.16. The molecule has 0 spiro atoms. The van der Waals surface area contributed by atoms with Crippen LogP contribution in [0.5, 0.6) is 5.75 Å². The van der Waals surface area contributed by atoms with Crippen LogP contribution in [0.25, 0.3) is 0 Å². The first-order valence-corrected chi connectivity index (χ1v) is 14.2. The Morgan fingerprint density at radius 3 is 2.67 bits per heavy atom. The summed E-state index contributed by atoms with van der Waals surface area (Å²) in [5.74, 6) is -0.381. The largest absolute Gasteiger partial charge is 0.487 e. The number of hydrogen-bond donors (Lipinski definition) is 1. The highest BCUT2D eigenvalue weighted by molar-refractivity contribution is 6.31. The Morgan fingerprint density at radius 2 is 2.00 bits per heavy atom. The molecule has 1 N–H and O–H groups in total. The van der Waals surface area contributed by atoms with Crippen molar-refractivity contribution in [2.75, 3.05) is 19.6 Å². The smallest absolute Gasteiger partial charge is 0.310 e. The third-order valence-electron chi connectivity index (χ3n) is 9.03. The number of carbonyl (C=O) groups is 3. The van der Waals surface area contributed by atoms with Crippen molar-refractivity contribution in [3.05, 3.63) is 45.3 Å². The van der Waals surface area contributed by atoms with Crippen molar-refractivity contribution in [1.82, 2.24) is 15.0 Å². The Morgan fingerprint density at radius 1 is 1.21 bits per heavy atom. The van der Waals surface area contributed by atoms with E-state index in [1.807, 2.05) is 13.8 Å². The van der Waals surface area contributed by atoms with Crippen LogP contribution in [0.1, 0.15) is 79.6 Å². The van der Waals surface area contributed by atoms with Crippen LogP contribution >= 0.6 is 11.6 Å². The molecular formula is C29H36ClN3O6. The normalized spacial score (nSPS) is 25.1. The second-order valence-corrected chi connectivity index (χ2v) is 11.7. The maximum absolute atomic E-state index is 14.2. The van der Waals surface area contributed by atoms with E-state index in [0.717, 1.165) is 41.7 Å². The fourth-order valence-electron chi connectivity index (χ4n) is 6.40. The van der Waals surface area contributed by atoms with Crippen molar-refractivity contribution >= 4 is 29.4 Å². The summed E-state index contributed by atoms with van der Waals surface area (Å²) in [7, 11) is 0. The molecule has 0 bridgehead atoms. The van der Waals surface area contributed by atoms with Crippen molar-refractivity contribution < 1.29 is 28.8 Å². The molecule has 2 aromatic rings. The number of carboxylic acid groups (broad SMARTS) is 1. The number of hydrogen-bond acceptors (Lipinski definition) is 6. The molecule has 9 nitrogen and oxygen atoms in total. The van der Waals surface area contributed by atoms with Crippen molar-refractivity contribution in [3.8, 4) is 5.75 Å². The number of nitrogens with zero attached hydrogens (tertiary/aromatic N) is 3. The molecule has 1 saturated heterocycles.